The lowest BCUT2D eigenvalue weighted by atomic mass is 10.0. The van der Waals surface area contributed by atoms with Crippen LogP contribution in [-0.2, 0) is 0 Å². The molecule has 0 radical (unpaired) electrons. The second-order valence-corrected chi connectivity index (χ2v) is 7.61. The van der Waals surface area contributed by atoms with E-state index in [1.54, 1.807) is 11.9 Å². The van der Waals surface area contributed by atoms with E-state index in [9.17, 15) is 9.18 Å². The average molecular weight is 426 g/mol. The van der Waals surface area contributed by atoms with Gasteiger partial charge >= 0.3 is 0 Å². The molecule has 0 unspecified atom stereocenters. The quantitative estimate of drug-likeness (QED) is 0.538. The highest BCUT2D eigenvalue weighted by molar-refractivity contribution is 7.96. The molecule has 2 heterocycles. The molecule has 7 nitrogen and oxygen atoms in total. The van der Waals surface area contributed by atoms with Crippen LogP contribution in [0.5, 0.6) is 5.75 Å². The van der Waals surface area contributed by atoms with Gasteiger partial charge in [0.05, 0.1) is 23.3 Å². The molecule has 0 bridgehead atoms. The number of anilines is 2. The number of nitrogens with zero attached hydrogens (tertiary/aromatic N) is 3. The van der Waals surface area contributed by atoms with Gasteiger partial charge in [-0.2, -0.15) is 4.98 Å². The van der Waals surface area contributed by atoms with Gasteiger partial charge in [0, 0.05) is 31.4 Å². The van der Waals surface area contributed by atoms with Gasteiger partial charge in [0.15, 0.2) is 0 Å². The Balaban J connectivity index is 1.77. The van der Waals surface area contributed by atoms with Crippen LogP contribution in [0, 0.1) is 5.82 Å². The zero-order valence-electron chi connectivity index (χ0n) is 15.5. The van der Waals surface area contributed by atoms with Crippen LogP contribution in [0.1, 0.15) is 28.8 Å². The number of aromatic nitrogens is 2. The summed E-state index contributed by atoms with van der Waals surface area (Å²) < 4.78 is 21.3. The molecule has 1 aromatic heterocycles. The summed E-state index contributed by atoms with van der Waals surface area (Å²) in [6.07, 6.45) is 5.34. The first kappa shape index (κ1) is 20.6. The van der Waals surface area contributed by atoms with Crippen molar-refractivity contribution >= 4 is 41.1 Å². The predicted octanol–water partition coefficient (Wildman–Crippen LogP) is 3.25. The molecule has 1 saturated heterocycles. The Bertz CT molecular complexity index is 877. The number of ketones is 1. The zero-order chi connectivity index (χ0) is 20.3. The van der Waals surface area contributed by atoms with E-state index in [0.717, 1.165) is 32.0 Å². The molecule has 0 spiro atoms. The highest BCUT2D eigenvalue weighted by atomic mass is 35.5. The van der Waals surface area contributed by atoms with Crippen LogP contribution in [-0.4, -0.2) is 52.6 Å². The first-order valence-corrected chi connectivity index (χ1v) is 10.2. The summed E-state index contributed by atoms with van der Waals surface area (Å²) in [7, 11) is 1.37. The highest BCUT2D eigenvalue weighted by Crippen LogP contribution is 2.29. The van der Waals surface area contributed by atoms with Crippen molar-refractivity contribution in [2.45, 2.75) is 18.9 Å². The lowest BCUT2D eigenvalue weighted by Crippen LogP contribution is -2.35. The van der Waals surface area contributed by atoms with Crippen molar-refractivity contribution in [2.24, 2.45) is 0 Å². The predicted molar refractivity (Wildman–Crippen MR) is 110 cm³/mol. The first-order valence-electron chi connectivity index (χ1n) is 8.68. The largest absolute Gasteiger partial charge is 0.496 e. The minimum absolute atomic E-state index is 0.00449. The van der Waals surface area contributed by atoms with Gasteiger partial charge in [0.25, 0.3) is 0 Å². The Morgan fingerprint density at radius 2 is 2.11 bits per heavy atom. The van der Waals surface area contributed by atoms with Gasteiger partial charge in [-0.3, -0.25) is 9.10 Å². The van der Waals surface area contributed by atoms with Crippen molar-refractivity contribution < 1.29 is 13.9 Å². The van der Waals surface area contributed by atoms with E-state index >= 15 is 0 Å². The van der Waals surface area contributed by atoms with Gasteiger partial charge in [-0.25, -0.2) is 9.37 Å². The summed E-state index contributed by atoms with van der Waals surface area (Å²) in [5.41, 5.74) is 6.06. The molecular formula is C18H21ClFN5O2S. The summed E-state index contributed by atoms with van der Waals surface area (Å²) in [5, 5.41) is 3.13. The van der Waals surface area contributed by atoms with E-state index in [0.29, 0.717) is 5.95 Å². The molecule has 3 N–H and O–H groups in total. The molecule has 10 heteroatoms. The SMILES string of the molecule is COc1cc(Cl)c(F)cc1C(=O)c1cnc(NC2CCN(SC)CC2)nc1N. The molecule has 28 heavy (non-hydrogen) atoms. The monoisotopic (exact) mass is 425 g/mol. The fourth-order valence-electron chi connectivity index (χ4n) is 3.02. The number of halogens is 2. The van der Waals surface area contributed by atoms with Crippen molar-refractivity contribution in [2.75, 3.05) is 37.5 Å². The maximum atomic E-state index is 13.8. The number of methoxy groups -OCH3 is 1. The summed E-state index contributed by atoms with van der Waals surface area (Å²) in [6, 6.07) is 2.52. The van der Waals surface area contributed by atoms with Gasteiger partial charge in [-0.05, 0) is 25.2 Å². The standard InChI is InChI=1S/C18H21ClFN5O2S/c1-27-15-8-13(19)14(20)7-11(15)16(26)12-9-22-18(24-17(12)21)23-10-3-5-25(28-2)6-4-10/h7-10H,3-6H2,1-2H3,(H3,21,22,23,24). The summed E-state index contributed by atoms with van der Waals surface area (Å²) in [6.45, 7) is 1.96. The van der Waals surface area contributed by atoms with Crippen molar-refractivity contribution in [3.05, 3.63) is 40.3 Å². The highest BCUT2D eigenvalue weighted by Gasteiger charge is 2.23. The van der Waals surface area contributed by atoms with Gasteiger partial charge < -0.3 is 15.8 Å². The number of carbonyl (C=O) groups excluding carboxylic acids is 1. The van der Waals surface area contributed by atoms with E-state index in [1.165, 1.54) is 19.4 Å². The third kappa shape index (κ3) is 4.48. The van der Waals surface area contributed by atoms with Crippen LogP contribution in [0.25, 0.3) is 0 Å². The van der Waals surface area contributed by atoms with E-state index in [1.807, 2.05) is 0 Å². The van der Waals surface area contributed by atoms with Crippen molar-refractivity contribution in [1.82, 2.24) is 14.3 Å². The van der Waals surface area contributed by atoms with Gasteiger partial charge in [0.2, 0.25) is 11.7 Å². The molecular weight excluding hydrogens is 405 g/mol. The smallest absolute Gasteiger partial charge is 0.224 e. The third-order valence-electron chi connectivity index (χ3n) is 4.60. The maximum absolute atomic E-state index is 13.8. The molecule has 0 saturated carbocycles. The normalized spacial score (nSPS) is 15.4. The Kier molecular flexibility index (Phi) is 6.58. The lowest BCUT2D eigenvalue weighted by molar-refractivity contribution is 0.103. The minimum Gasteiger partial charge on any atom is -0.496 e. The van der Waals surface area contributed by atoms with Crippen LogP contribution in [0.2, 0.25) is 5.02 Å². The van der Waals surface area contributed by atoms with Crippen LogP contribution in [0.15, 0.2) is 18.3 Å². The number of nitrogens with two attached hydrogens (primary N) is 1. The van der Waals surface area contributed by atoms with E-state index in [4.69, 9.17) is 22.1 Å². The molecule has 1 aliphatic rings. The number of nitrogens with one attached hydrogen (secondary N) is 1. The Morgan fingerprint density at radius 3 is 2.71 bits per heavy atom. The second-order valence-electron chi connectivity index (χ2n) is 6.32. The maximum Gasteiger partial charge on any atom is 0.224 e. The summed E-state index contributed by atoms with van der Waals surface area (Å²) >= 11 is 7.49. The number of nitrogen functional groups attached to an aromatic ring is 1. The molecule has 150 valence electrons. The minimum atomic E-state index is -0.722. The van der Waals surface area contributed by atoms with E-state index in [-0.39, 0.29) is 33.8 Å². The van der Waals surface area contributed by atoms with Crippen LogP contribution >= 0.6 is 23.5 Å². The molecule has 1 aliphatic heterocycles. The molecule has 3 rings (SSSR count). The van der Waals surface area contributed by atoms with Crippen LogP contribution < -0.4 is 15.8 Å². The number of hydrogen-bond acceptors (Lipinski definition) is 8. The Hall–Kier alpha value is -2.10. The average Bonchev–Trinajstić information content (AvgIpc) is 2.70. The molecule has 2 aromatic rings. The first-order chi connectivity index (χ1) is 13.4. The van der Waals surface area contributed by atoms with Crippen molar-refractivity contribution in [3.63, 3.8) is 0 Å². The van der Waals surface area contributed by atoms with Crippen molar-refractivity contribution in [1.29, 1.82) is 0 Å². The number of piperidine rings is 1. The fraction of sp³-hybridized carbons (Fsp3) is 0.389. The number of rotatable bonds is 6. The number of carbonyl (C=O) groups is 1. The lowest BCUT2D eigenvalue weighted by Gasteiger charge is -2.30. The fourth-order valence-corrected chi connectivity index (χ4v) is 3.75. The third-order valence-corrected chi connectivity index (χ3v) is 5.77. The summed E-state index contributed by atoms with van der Waals surface area (Å²) in [4.78, 5) is 21.2. The van der Waals surface area contributed by atoms with Crippen LogP contribution in [0.3, 0.4) is 0 Å². The number of benzene rings is 1. The topological polar surface area (TPSA) is 93.4 Å². The molecule has 1 aromatic carbocycles. The van der Waals surface area contributed by atoms with Gasteiger partial charge in [-0.15, -0.1) is 0 Å². The van der Waals surface area contributed by atoms with Gasteiger partial charge in [0.1, 0.15) is 17.4 Å². The van der Waals surface area contributed by atoms with Crippen LogP contribution in [0.4, 0.5) is 16.2 Å². The molecule has 0 amide bonds. The summed E-state index contributed by atoms with van der Waals surface area (Å²) in [5.74, 6) is -0.726. The number of hydrogen-bond donors (Lipinski definition) is 2. The molecule has 0 aliphatic carbocycles. The second kappa shape index (κ2) is 8.93. The van der Waals surface area contributed by atoms with E-state index in [2.05, 4.69) is 25.8 Å². The number of ether oxygens (including phenoxy) is 1. The molecule has 1 fully saturated rings. The zero-order valence-corrected chi connectivity index (χ0v) is 17.1. The Morgan fingerprint density at radius 1 is 1.39 bits per heavy atom. The molecule has 0 atom stereocenters. The Labute approximate surface area is 171 Å². The van der Waals surface area contributed by atoms with Crippen molar-refractivity contribution in [3.8, 4) is 5.75 Å². The van der Waals surface area contributed by atoms with Gasteiger partial charge in [-0.1, -0.05) is 23.5 Å². The van der Waals surface area contributed by atoms with E-state index < -0.39 is 11.6 Å².